The van der Waals surface area contributed by atoms with Crippen LogP contribution in [0.2, 0.25) is 0 Å². The monoisotopic (exact) mass is 431 g/mol. The number of nitrogens with zero attached hydrogens (tertiary/aromatic N) is 1. The van der Waals surface area contributed by atoms with Crippen molar-refractivity contribution in [3.8, 4) is 11.5 Å². The molecular weight excluding hydrogens is 410 g/mol. The van der Waals surface area contributed by atoms with Crippen LogP contribution in [0.1, 0.15) is 16.7 Å². The first-order valence-corrected chi connectivity index (χ1v) is 10.6. The summed E-state index contributed by atoms with van der Waals surface area (Å²) >= 11 is 0.935. The highest BCUT2D eigenvalue weighted by atomic mass is 32.2. The summed E-state index contributed by atoms with van der Waals surface area (Å²) in [6.45, 7) is 0.607. The Balaban J connectivity index is 1.59. The van der Waals surface area contributed by atoms with Gasteiger partial charge in [0, 0.05) is 5.56 Å². The first kappa shape index (κ1) is 20.8. The molecule has 0 N–H and O–H groups in total. The maximum Gasteiger partial charge on any atom is 0.293 e. The van der Waals surface area contributed by atoms with E-state index in [2.05, 4.69) is 0 Å². The van der Waals surface area contributed by atoms with E-state index in [1.165, 1.54) is 4.90 Å². The molecule has 0 saturated carbocycles. The third-order valence-electron chi connectivity index (χ3n) is 4.80. The maximum absolute atomic E-state index is 12.9. The van der Waals surface area contributed by atoms with Crippen LogP contribution in [0.25, 0.3) is 6.08 Å². The second-order valence-corrected chi connectivity index (χ2v) is 7.90. The van der Waals surface area contributed by atoms with Crippen molar-refractivity contribution in [1.82, 2.24) is 4.90 Å². The molecule has 1 aliphatic rings. The van der Waals surface area contributed by atoms with Crippen molar-refractivity contribution in [1.29, 1.82) is 0 Å². The minimum absolute atomic E-state index is 0.248. The van der Waals surface area contributed by atoms with Crippen LogP contribution >= 0.6 is 11.8 Å². The molecule has 0 atom stereocenters. The van der Waals surface area contributed by atoms with Crippen LogP contribution in [0.5, 0.6) is 11.5 Å². The lowest BCUT2D eigenvalue weighted by Crippen LogP contribution is -2.27. The fraction of sp³-hybridized carbons (Fsp3) is 0.120. The van der Waals surface area contributed by atoms with Crippen LogP contribution in [0.3, 0.4) is 0 Å². The zero-order valence-electron chi connectivity index (χ0n) is 17.0. The van der Waals surface area contributed by atoms with E-state index in [1.807, 2.05) is 72.8 Å². The molecule has 1 fully saturated rings. The zero-order valence-corrected chi connectivity index (χ0v) is 17.8. The zero-order chi connectivity index (χ0) is 21.6. The smallest absolute Gasteiger partial charge is 0.293 e. The lowest BCUT2D eigenvalue weighted by Gasteiger charge is -2.14. The number of amides is 2. The largest absolute Gasteiger partial charge is 0.493 e. The lowest BCUT2D eigenvalue weighted by molar-refractivity contribution is -0.123. The van der Waals surface area contributed by atoms with Crippen molar-refractivity contribution >= 4 is 29.0 Å². The van der Waals surface area contributed by atoms with E-state index in [-0.39, 0.29) is 17.7 Å². The quantitative estimate of drug-likeness (QED) is 0.462. The number of hydrogen-bond donors (Lipinski definition) is 0. The van der Waals surface area contributed by atoms with Gasteiger partial charge >= 0.3 is 0 Å². The minimum atomic E-state index is -0.310. The van der Waals surface area contributed by atoms with Crippen LogP contribution < -0.4 is 9.47 Å². The van der Waals surface area contributed by atoms with Crippen LogP contribution in [-0.2, 0) is 17.9 Å². The average Bonchev–Trinajstić information content (AvgIpc) is 3.06. The second kappa shape index (κ2) is 9.53. The molecule has 0 aliphatic carbocycles. The highest BCUT2D eigenvalue weighted by Gasteiger charge is 2.35. The molecule has 0 radical (unpaired) electrons. The number of carbonyl (C=O) groups excluding carboxylic acids is 2. The molecule has 0 unspecified atom stereocenters. The predicted octanol–water partition coefficient (Wildman–Crippen LogP) is 5.51. The summed E-state index contributed by atoms with van der Waals surface area (Å²) in [5.41, 5.74) is 2.60. The number of methoxy groups -OCH3 is 1. The molecule has 5 nitrogen and oxygen atoms in total. The Bertz CT molecular complexity index is 1110. The molecule has 2 amide bonds. The predicted molar refractivity (Wildman–Crippen MR) is 122 cm³/mol. The highest BCUT2D eigenvalue weighted by molar-refractivity contribution is 8.18. The van der Waals surface area contributed by atoms with Crippen LogP contribution in [0.15, 0.2) is 83.8 Å². The Kier molecular flexibility index (Phi) is 6.38. The van der Waals surface area contributed by atoms with Crippen molar-refractivity contribution in [2.45, 2.75) is 13.2 Å². The first-order valence-electron chi connectivity index (χ1n) is 9.78. The third kappa shape index (κ3) is 4.81. The molecule has 4 rings (SSSR count). The van der Waals surface area contributed by atoms with Gasteiger partial charge < -0.3 is 9.47 Å². The van der Waals surface area contributed by atoms with Gasteiger partial charge in [-0.3, -0.25) is 14.5 Å². The average molecular weight is 432 g/mol. The molecule has 1 saturated heterocycles. The number of rotatable bonds is 7. The van der Waals surface area contributed by atoms with Crippen molar-refractivity contribution in [2.75, 3.05) is 7.11 Å². The molecule has 1 heterocycles. The fourth-order valence-electron chi connectivity index (χ4n) is 3.23. The summed E-state index contributed by atoms with van der Waals surface area (Å²) in [6.07, 6.45) is 1.69. The number of carbonyl (C=O) groups is 2. The van der Waals surface area contributed by atoms with E-state index in [4.69, 9.17) is 9.47 Å². The standard InChI is InChI=1S/C25H21NO4S/c1-29-21-14-8-13-20(23(21)30-17-19-11-6-3-7-12-19)15-22-24(27)26(25(28)31-22)16-18-9-4-2-5-10-18/h2-15H,16-17H2,1H3/b22-15-. The molecule has 3 aromatic rings. The summed E-state index contributed by atoms with van der Waals surface area (Å²) in [7, 11) is 1.57. The first-order chi connectivity index (χ1) is 15.2. The Morgan fingerprint density at radius 1 is 0.871 bits per heavy atom. The molecule has 3 aromatic carbocycles. The minimum Gasteiger partial charge on any atom is -0.493 e. The van der Waals surface area contributed by atoms with Crippen molar-refractivity contribution in [3.63, 3.8) is 0 Å². The van der Waals surface area contributed by atoms with Gasteiger partial charge in [0.1, 0.15) is 6.61 Å². The topological polar surface area (TPSA) is 55.8 Å². The van der Waals surface area contributed by atoms with Gasteiger partial charge in [-0.1, -0.05) is 72.8 Å². The lowest BCUT2D eigenvalue weighted by atomic mass is 10.1. The number of ether oxygens (including phenoxy) is 2. The van der Waals surface area contributed by atoms with E-state index < -0.39 is 0 Å². The van der Waals surface area contributed by atoms with E-state index in [0.29, 0.717) is 28.6 Å². The van der Waals surface area contributed by atoms with Crippen LogP contribution in [0, 0.1) is 0 Å². The molecule has 1 aliphatic heterocycles. The Morgan fingerprint density at radius 2 is 1.55 bits per heavy atom. The van der Waals surface area contributed by atoms with Gasteiger partial charge in [0.15, 0.2) is 11.5 Å². The van der Waals surface area contributed by atoms with Gasteiger partial charge in [-0.15, -0.1) is 0 Å². The van der Waals surface area contributed by atoms with E-state index >= 15 is 0 Å². The SMILES string of the molecule is COc1cccc(/C=C2\SC(=O)N(Cc3ccccc3)C2=O)c1OCc1ccccc1. The molecule has 0 spiro atoms. The van der Waals surface area contributed by atoms with Gasteiger partial charge in [-0.05, 0) is 35.0 Å². The van der Waals surface area contributed by atoms with Gasteiger partial charge in [0.05, 0.1) is 18.6 Å². The van der Waals surface area contributed by atoms with E-state index in [1.54, 1.807) is 19.3 Å². The number of thioether (sulfide) groups is 1. The molecular formula is C25H21NO4S. The van der Waals surface area contributed by atoms with E-state index in [9.17, 15) is 9.59 Å². The summed E-state index contributed by atoms with van der Waals surface area (Å²) in [4.78, 5) is 27.0. The van der Waals surface area contributed by atoms with Crippen molar-refractivity contribution in [2.24, 2.45) is 0 Å². The Labute approximate surface area is 185 Å². The van der Waals surface area contributed by atoms with Gasteiger partial charge in [-0.25, -0.2) is 0 Å². The van der Waals surface area contributed by atoms with Gasteiger partial charge in [-0.2, -0.15) is 0 Å². The van der Waals surface area contributed by atoms with Crippen LogP contribution in [-0.4, -0.2) is 23.2 Å². The van der Waals surface area contributed by atoms with Crippen LogP contribution in [0.4, 0.5) is 4.79 Å². The van der Waals surface area contributed by atoms with Gasteiger partial charge in [0.2, 0.25) is 0 Å². The van der Waals surface area contributed by atoms with Gasteiger partial charge in [0.25, 0.3) is 11.1 Å². The summed E-state index contributed by atoms with van der Waals surface area (Å²) in [6, 6.07) is 24.7. The molecule has 0 bridgehead atoms. The molecule has 0 aromatic heterocycles. The third-order valence-corrected chi connectivity index (χ3v) is 5.71. The normalized spacial score (nSPS) is 14.9. The number of para-hydroxylation sites is 1. The molecule has 156 valence electrons. The number of imide groups is 1. The van der Waals surface area contributed by atoms with E-state index in [0.717, 1.165) is 22.9 Å². The maximum atomic E-state index is 12.9. The Hall–Kier alpha value is -3.51. The van der Waals surface area contributed by atoms with Crippen molar-refractivity contribution < 1.29 is 19.1 Å². The highest BCUT2D eigenvalue weighted by Crippen LogP contribution is 2.38. The number of benzene rings is 3. The summed E-state index contributed by atoms with van der Waals surface area (Å²) < 4.78 is 11.5. The fourth-order valence-corrected chi connectivity index (χ4v) is 4.06. The second-order valence-electron chi connectivity index (χ2n) is 6.91. The summed E-state index contributed by atoms with van der Waals surface area (Å²) in [5, 5.41) is -0.283. The summed E-state index contributed by atoms with van der Waals surface area (Å²) in [5.74, 6) is 0.785. The Morgan fingerprint density at radius 3 is 2.23 bits per heavy atom. The molecule has 31 heavy (non-hydrogen) atoms. The molecule has 6 heteroatoms. The van der Waals surface area contributed by atoms with Crippen molar-refractivity contribution in [3.05, 3.63) is 100 Å². The number of hydrogen-bond acceptors (Lipinski definition) is 5.